The van der Waals surface area contributed by atoms with Crippen LogP contribution in [0.4, 0.5) is 5.82 Å². The molecule has 1 aliphatic heterocycles. The van der Waals surface area contributed by atoms with Gasteiger partial charge in [-0.2, -0.15) is 9.61 Å². The number of benzene rings is 1. The highest BCUT2D eigenvalue weighted by molar-refractivity contribution is 5.66. The number of nitrogens with zero attached hydrogens (tertiary/aromatic N) is 3. The molecule has 1 unspecified atom stereocenters. The fourth-order valence-electron chi connectivity index (χ4n) is 3.06. The first kappa shape index (κ1) is 14.2. The smallest absolute Gasteiger partial charge is 0.158 e. The second-order valence-electron chi connectivity index (χ2n) is 6.28. The van der Waals surface area contributed by atoms with Crippen molar-refractivity contribution in [2.45, 2.75) is 26.3 Å². The number of fused-ring (bicyclic) bond motifs is 1. The molecule has 0 aliphatic carbocycles. The van der Waals surface area contributed by atoms with Crippen molar-refractivity contribution in [2.75, 3.05) is 18.4 Å². The molecule has 5 heteroatoms. The van der Waals surface area contributed by atoms with E-state index in [-0.39, 0.29) is 0 Å². The third-order valence-electron chi connectivity index (χ3n) is 4.31. The summed E-state index contributed by atoms with van der Waals surface area (Å²) in [6.45, 7) is 6.18. The molecule has 118 valence electrons. The minimum atomic E-state index is 0.451. The third kappa shape index (κ3) is 2.80. The molecule has 1 saturated heterocycles. The molecule has 2 aromatic heterocycles. The molecule has 23 heavy (non-hydrogen) atoms. The molecule has 0 bridgehead atoms. The first-order valence-electron chi connectivity index (χ1n) is 8.11. The maximum absolute atomic E-state index is 4.77. The van der Waals surface area contributed by atoms with Gasteiger partial charge in [0.25, 0.3) is 0 Å². The van der Waals surface area contributed by atoms with Gasteiger partial charge in [0.1, 0.15) is 5.82 Å². The summed E-state index contributed by atoms with van der Waals surface area (Å²) in [4.78, 5) is 4.62. The van der Waals surface area contributed by atoms with Gasteiger partial charge in [-0.15, -0.1) is 0 Å². The lowest BCUT2D eigenvalue weighted by molar-refractivity contribution is 0.774. The number of aromatic nitrogens is 3. The van der Waals surface area contributed by atoms with E-state index in [4.69, 9.17) is 5.10 Å². The average molecular weight is 307 g/mol. The zero-order valence-electron chi connectivity index (χ0n) is 13.5. The van der Waals surface area contributed by atoms with Crippen LogP contribution in [0.3, 0.4) is 0 Å². The summed E-state index contributed by atoms with van der Waals surface area (Å²) in [5.41, 5.74) is 5.21. The van der Waals surface area contributed by atoms with Gasteiger partial charge in [0.05, 0.1) is 5.69 Å². The normalized spacial score (nSPS) is 17.7. The molecular formula is C18H21N5. The van der Waals surface area contributed by atoms with E-state index in [2.05, 4.69) is 58.9 Å². The van der Waals surface area contributed by atoms with Crippen molar-refractivity contribution in [3.8, 4) is 11.3 Å². The highest BCUT2D eigenvalue weighted by Gasteiger charge is 2.17. The van der Waals surface area contributed by atoms with Crippen LogP contribution in [-0.4, -0.2) is 33.7 Å². The van der Waals surface area contributed by atoms with Gasteiger partial charge in [0.2, 0.25) is 0 Å². The Morgan fingerprint density at radius 1 is 1.17 bits per heavy atom. The van der Waals surface area contributed by atoms with E-state index in [0.717, 1.165) is 47.9 Å². The molecule has 1 fully saturated rings. The Balaban J connectivity index is 1.76. The van der Waals surface area contributed by atoms with E-state index >= 15 is 0 Å². The van der Waals surface area contributed by atoms with Crippen LogP contribution in [0.1, 0.15) is 17.7 Å². The molecule has 0 radical (unpaired) electrons. The molecule has 0 spiro atoms. The topological polar surface area (TPSA) is 54.2 Å². The zero-order valence-corrected chi connectivity index (χ0v) is 13.5. The largest absolute Gasteiger partial charge is 0.366 e. The lowest BCUT2D eigenvalue weighted by Crippen LogP contribution is -2.23. The molecule has 0 amide bonds. The van der Waals surface area contributed by atoms with Crippen LogP contribution < -0.4 is 10.6 Å². The van der Waals surface area contributed by atoms with Crippen molar-refractivity contribution >= 4 is 11.5 Å². The summed E-state index contributed by atoms with van der Waals surface area (Å²) in [7, 11) is 0. The zero-order chi connectivity index (χ0) is 15.8. The number of nitrogens with one attached hydrogen (secondary N) is 2. The van der Waals surface area contributed by atoms with E-state index < -0.39 is 0 Å². The number of aryl methyl sites for hydroxylation is 2. The molecule has 4 rings (SSSR count). The number of hydrogen-bond acceptors (Lipinski definition) is 4. The van der Waals surface area contributed by atoms with E-state index in [1.807, 2.05) is 11.4 Å². The third-order valence-corrected chi connectivity index (χ3v) is 4.31. The summed E-state index contributed by atoms with van der Waals surface area (Å²) >= 11 is 0. The molecule has 0 saturated carbocycles. The van der Waals surface area contributed by atoms with Crippen LogP contribution in [0.25, 0.3) is 16.9 Å². The lowest BCUT2D eigenvalue weighted by Gasteiger charge is -2.14. The van der Waals surface area contributed by atoms with Gasteiger partial charge in [0.15, 0.2) is 5.65 Å². The van der Waals surface area contributed by atoms with Gasteiger partial charge in [-0.1, -0.05) is 29.8 Å². The van der Waals surface area contributed by atoms with Gasteiger partial charge < -0.3 is 10.6 Å². The summed E-state index contributed by atoms with van der Waals surface area (Å²) in [5.74, 6) is 1.01. The average Bonchev–Trinajstić information content (AvgIpc) is 3.17. The van der Waals surface area contributed by atoms with Crippen molar-refractivity contribution in [3.05, 3.63) is 47.7 Å². The highest BCUT2D eigenvalue weighted by Crippen LogP contribution is 2.23. The van der Waals surface area contributed by atoms with Gasteiger partial charge >= 0.3 is 0 Å². The van der Waals surface area contributed by atoms with Crippen molar-refractivity contribution in [3.63, 3.8) is 0 Å². The highest BCUT2D eigenvalue weighted by atomic mass is 15.3. The maximum Gasteiger partial charge on any atom is 0.158 e. The van der Waals surface area contributed by atoms with Crippen LogP contribution >= 0.6 is 0 Å². The van der Waals surface area contributed by atoms with E-state index in [9.17, 15) is 0 Å². The Hall–Kier alpha value is -2.40. The Morgan fingerprint density at radius 2 is 2.00 bits per heavy atom. The molecule has 3 aromatic rings. The van der Waals surface area contributed by atoms with E-state index in [0.29, 0.717) is 6.04 Å². The summed E-state index contributed by atoms with van der Waals surface area (Å²) in [6.07, 6.45) is 1.13. The quantitative estimate of drug-likeness (QED) is 0.781. The maximum atomic E-state index is 4.77. The monoisotopic (exact) mass is 307 g/mol. The number of rotatable bonds is 3. The summed E-state index contributed by atoms with van der Waals surface area (Å²) in [6, 6.07) is 13.0. The Bertz CT molecular complexity index is 828. The van der Waals surface area contributed by atoms with Gasteiger partial charge in [-0.25, -0.2) is 4.98 Å². The van der Waals surface area contributed by atoms with E-state index in [1.165, 1.54) is 5.56 Å². The van der Waals surface area contributed by atoms with E-state index in [1.54, 1.807) is 0 Å². The summed E-state index contributed by atoms with van der Waals surface area (Å²) in [5, 5.41) is 11.7. The number of hydrogen-bond donors (Lipinski definition) is 2. The summed E-state index contributed by atoms with van der Waals surface area (Å²) < 4.78 is 1.92. The minimum absolute atomic E-state index is 0.451. The molecule has 5 nitrogen and oxygen atoms in total. The Morgan fingerprint density at radius 3 is 2.74 bits per heavy atom. The first-order chi connectivity index (χ1) is 11.2. The van der Waals surface area contributed by atoms with Crippen molar-refractivity contribution in [1.82, 2.24) is 19.9 Å². The molecule has 3 heterocycles. The molecule has 1 aromatic carbocycles. The van der Waals surface area contributed by atoms with Crippen LogP contribution in [-0.2, 0) is 0 Å². The Kier molecular flexibility index (Phi) is 3.50. The van der Waals surface area contributed by atoms with Gasteiger partial charge in [0, 0.05) is 36.0 Å². The fourth-order valence-corrected chi connectivity index (χ4v) is 3.06. The predicted molar refractivity (Wildman–Crippen MR) is 92.8 cm³/mol. The Labute approximate surface area is 135 Å². The predicted octanol–water partition coefficient (Wildman–Crippen LogP) is 2.79. The van der Waals surface area contributed by atoms with Crippen molar-refractivity contribution in [2.24, 2.45) is 0 Å². The lowest BCUT2D eigenvalue weighted by atomic mass is 10.1. The second-order valence-corrected chi connectivity index (χ2v) is 6.28. The molecular weight excluding hydrogens is 286 g/mol. The van der Waals surface area contributed by atoms with Crippen LogP contribution in [0.15, 0.2) is 36.4 Å². The second kappa shape index (κ2) is 5.66. The first-order valence-corrected chi connectivity index (χ1v) is 8.11. The number of anilines is 1. The fraction of sp³-hybridized carbons (Fsp3) is 0.333. The standard InChI is InChI=1S/C18H21N5/c1-12-3-5-14(6-4-12)16-10-18-20-13(2)9-17(23(18)22-16)21-15-7-8-19-11-15/h3-6,9-10,15,19,21H,7-8,11H2,1-2H3. The molecule has 1 atom stereocenters. The van der Waals surface area contributed by atoms with Crippen LogP contribution in [0.2, 0.25) is 0 Å². The van der Waals surface area contributed by atoms with Crippen molar-refractivity contribution < 1.29 is 0 Å². The molecule has 2 N–H and O–H groups in total. The minimum Gasteiger partial charge on any atom is -0.366 e. The SMILES string of the molecule is Cc1ccc(-c2cc3nc(C)cc(NC4CCNC4)n3n2)cc1. The van der Waals surface area contributed by atoms with Crippen LogP contribution in [0, 0.1) is 13.8 Å². The molecule has 1 aliphatic rings. The van der Waals surface area contributed by atoms with Crippen LogP contribution in [0.5, 0.6) is 0 Å². The van der Waals surface area contributed by atoms with Crippen molar-refractivity contribution in [1.29, 1.82) is 0 Å². The van der Waals surface area contributed by atoms with Gasteiger partial charge in [-0.3, -0.25) is 0 Å². The van der Waals surface area contributed by atoms with Gasteiger partial charge in [-0.05, 0) is 26.8 Å².